The van der Waals surface area contributed by atoms with E-state index in [4.69, 9.17) is 14.2 Å². The van der Waals surface area contributed by atoms with Gasteiger partial charge in [0.15, 0.2) is 6.29 Å². The average Bonchev–Trinajstić information content (AvgIpc) is 3.20. The number of halogens is 2. The van der Waals surface area contributed by atoms with Gasteiger partial charge in [-0.1, -0.05) is 70.4 Å². The summed E-state index contributed by atoms with van der Waals surface area (Å²) in [6, 6.07) is 0. The van der Waals surface area contributed by atoms with E-state index in [1.165, 1.54) is 6.08 Å². The third-order valence-electron chi connectivity index (χ3n) is 8.20. The van der Waals surface area contributed by atoms with Crippen LogP contribution in [0.3, 0.4) is 0 Å². The summed E-state index contributed by atoms with van der Waals surface area (Å²) < 4.78 is 46.4. The first-order valence-electron chi connectivity index (χ1n) is 16.0. The van der Waals surface area contributed by atoms with E-state index < -0.39 is 18.1 Å². The quantitative estimate of drug-likeness (QED) is 0.0890. The molecule has 0 spiro atoms. The first-order chi connectivity index (χ1) is 19.1. The molecule has 0 amide bonds. The summed E-state index contributed by atoms with van der Waals surface area (Å²) in [5.74, 6) is -3.68. The van der Waals surface area contributed by atoms with Crippen LogP contribution in [0, 0.1) is 11.8 Å². The Morgan fingerprint density at radius 1 is 1.05 bits per heavy atom. The van der Waals surface area contributed by atoms with Crippen LogP contribution in [-0.4, -0.2) is 59.4 Å². The lowest BCUT2D eigenvalue weighted by Crippen LogP contribution is -2.33. The minimum atomic E-state index is -3.18. The lowest BCUT2D eigenvalue weighted by atomic mass is 9.87. The van der Waals surface area contributed by atoms with Gasteiger partial charge in [-0.25, -0.2) is 8.78 Å². The summed E-state index contributed by atoms with van der Waals surface area (Å²) in [6.45, 7) is 6.38. The van der Waals surface area contributed by atoms with E-state index in [1.807, 2.05) is 20.8 Å². The van der Waals surface area contributed by atoms with E-state index in [0.717, 1.165) is 83.5 Å². The lowest BCUT2D eigenvalue weighted by molar-refractivity contribution is -0.193. The molecule has 2 rings (SSSR count). The number of aliphatic hydroxyl groups excluding tert-OH is 2. The molecule has 1 aliphatic carbocycles. The molecule has 0 aromatic rings. The molecule has 8 heteroatoms. The van der Waals surface area contributed by atoms with Crippen LogP contribution in [0.15, 0.2) is 12.2 Å². The van der Waals surface area contributed by atoms with E-state index in [2.05, 4.69) is 0 Å². The van der Waals surface area contributed by atoms with Gasteiger partial charge in [0.2, 0.25) is 0 Å². The summed E-state index contributed by atoms with van der Waals surface area (Å²) in [7, 11) is 0. The van der Waals surface area contributed by atoms with Crippen LogP contribution in [0.1, 0.15) is 130 Å². The van der Waals surface area contributed by atoms with Gasteiger partial charge in [0.05, 0.1) is 18.3 Å². The SMILES string of the molecule is CCCCCCC(F)(F)C(O)C=C[C@@H]1C(CCCCCCCCC(=O)OC(C)C)[C@H](O)C[C@H]1OC1CCCCO1. The van der Waals surface area contributed by atoms with E-state index >= 15 is 0 Å². The van der Waals surface area contributed by atoms with Gasteiger partial charge in [-0.3, -0.25) is 4.79 Å². The molecule has 2 N–H and O–H groups in total. The fourth-order valence-electron chi connectivity index (χ4n) is 5.90. The number of alkyl halides is 2. The molecular formula is C32H56F2O6. The van der Waals surface area contributed by atoms with Crippen molar-refractivity contribution in [1.82, 2.24) is 0 Å². The van der Waals surface area contributed by atoms with Crippen molar-refractivity contribution in [3.05, 3.63) is 12.2 Å². The Labute approximate surface area is 241 Å². The molecule has 1 saturated carbocycles. The van der Waals surface area contributed by atoms with Crippen molar-refractivity contribution in [3.63, 3.8) is 0 Å². The van der Waals surface area contributed by atoms with Crippen molar-refractivity contribution in [1.29, 1.82) is 0 Å². The number of hydrogen-bond acceptors (Lipinski definition) is 6. The number of aliphatic hydroxyl groups is 2. The minimum absolute atomic E-state index is 0.0763. The molecular weight excluding hydrogens is 518 g/mol. The van der Waals surface area contributed by atoms with E-state index in [1.54, 1.807) is 6.08 Å². The van der Waals surface area contributed by atoms with Crippen molar-refractivity contribution in [3.8, 4) is 0 Å². The van der Waals surface area contributed by atoms with Crippen molar-refractivity contribution < 1.29 is 38.0 Å². The Morgan fingerprint density at radius 2 is 1.75 bits per heavy atom. The lowest BCUT2D eigenvalue weighted by Gasteiger charge is -2.29. The molecule has 40 heavy (non-hydrogen) atoms. The van der Waals surface area contributed by atoms with Crippen molar-refractivity contribution in [2.75, 3.05) is 6.61 Å². The molecule has 234 valence electrons. The molecule has 6 atom stereocenters. The van der Waals surface area contributed by atoms with Gasteiger partial charge < -0.3 is 24.4 Å². The molecule has 1 saturated heterocycles. The fourth-order valence-corrected chi connectivity index (χ4v) is 5.90. The first-order valence-corrected chi connectivity index (χ1v) is 16.0. The molecule has 1 heterocycles. The van der Waals surface area contributed by atoms with Gasteiger partial charge in [-0.05, 0) is 58.3 Å². The standard InChI is InChI=1S/C32H56F2O6/c1-4-5-6-14-21-32(33,34)29(36)20-19-26-25(27(35)23-28(26)40-31-18-13-15-22-38-31)16-11-9-7-8-10-12-17-30(37)39-24(2)3/h19-20,24-29,31,35-36H,4-18,21-23H2,1-3H3/t25?,26-,27-,28-,29?,31?/m1/s1. The predicted molar refractivity (Wildman–Crippen MR) is 153 cm³/mol. The van der Waals surface area contributed by atoms with Crippen LogP contribution < -0.4 is 0 Å². The summed E-state index contributed by atoms with van der Waals surface area (Å²) in [4.78, 5) is 11.6. The molecule has 0 radical (unpaired) electrons. The highest BCUT2D eigenvalue weighted by atomic mass is 19.3. The van der Waals surface area contributed by atoms with Crippen LogP contribution in [0.2, 0.25) is 0 Å². The Kier molecular flexibility index (Phi) is 16.8. The van der Waals surface area contributed by atoms with Crippen molar-refractivity contribution in [2.24, 2.45) is 11.8 Å². The molecule has 6 nitrogen and oxygen atoms in total. The molecule has 2 aliphatic rings. The molecule has 0 aromatic carbocycles. The van der Waals surface area contributed by atoms with E-state index in [0.29, 0.717) is 25.9 Å². The molecule has 1 aliphatic heterocycles. The number of ether oxygens (including phenoxy) is 3. The highest BCUT2D eigenvalue weighted by molar-refractivity contribution is 5.69. The third-order valence-corrected chi connectivity index (χ3v) is 8.20. The van der Waals surface area contributed by atoms with Gasteiger partial charge in [-0.2, -0.15) is 0 Å². The van der Waals surface area contributed by atoms with Crippen LogP contribution in [0.25, 0.3) is 0 Å². The largest absolute Gasteiger partial charge is 0.463 e. The number of unbranched alkanes of at least 4 members (excludes halogenated alkanes) is 8. The maximum absolute atomic E-state index is 14.6. The van der Waals surface area contributed by atoms with Gasteiger partial charge in [-0.15, -0.1) is 0 Å². The number of hydrogen-bond donors (Lipinski definition) is 2. The summed E-state index contributed by atoms with van der Waals surface area (Å²) >= 11 is 0. The number of esters is 1. The van der Waals surface area contributed by atoms with Crippen molar-refractivity contribution >= 4 is 5.97 Å². The second-order valence-electron chi connectivity index (χ2n) is 12.1. The van der Waals surface area contributed by atoms with E-state index in [-0.39, 0.29) is 42.7 Å². The Hall–Kier alpha value is -1.09. The third kappa shape index (κ3) is 13.3. The molecule has 3 unspecified atom stereocenters. The van der Waals surface area contributed by atoms with Crippen LogP contribution in [0.5, 0.6) is 0 Å². The second kappa shape index (κ2) is 19.2. The second-order valence-corrected chi connectivity index (χ2v) is 12.1. The Bertz CT molecular complexity index is 710. The van der Waals surface area contributed by atoms with Crippen LogP contribution in [-0.2, 0) is 19.0 Å². The highest BCUT2D eigenvalue weighted by Gasteiger charge is 2.43. The Balaban J connectivity index is 1.87. The predicted octanol–water partition coefficient (Wildman–Crippen LogP) is 7.49. The zero-order valence-corrected chi connectivity index (χ0v) is 25.2. The summed E-state index contributed by atoms with van der Waals surface area (Å²) in [5.41, 5.74) is 0. The van der Waals surface area contributed by atoms with Gasteiger partial charge >= 0.3 is 5.97 Å². The fraction of sp³-hybridized carbons (Fsp3) is 0.906. The monoisotopic (exact) mass is 574 g/mol. The van der Waals surface area contributed by atoms with Crippen LogP contribution in [0.4, 0.5) is 8.78 Å². The number of rotatable bonds is 20. The topological polar surface area (TPSA) is 85.2 Å². The first kappa shape index (κ1) is 35.1. The van der Waals surface area contributed by atoms with Crippen LogP contribution >= 0.6 is 0 Å². The average molecular weight is 575 g/mol. The number of carbonyl (C=O) groups is 1. The van der Waals surface area contributed by atoms with Gasteiger partial charge in [0.1, 0.15) is 6.10 Å². The summed E-state index contributed by atoms with van der Waals surface area (Å²) in [5, 5.41) is 21.3. The zero-order valence-electron chi connectivity index (χ0n) is 25.2. The van der Waals surface area contributed by atoms with Gasteiger partial charge in [0.25, 0.3) is 5.92 Å². The minimum Gasteiger partial charge on any atom is -0.463 e. The number of carbonyl (C=O) groups excluding carboxylic acids is 1. The maximum atomic E-state index is 14.6. The van der Waals surface area contributed by atoms with E-state index in [9.17, 15) is 23.8 Å². The zero-order chi connectivity index (χ0) is 29.4. The maximum Gasteiger partial charge on any atom is 0.306 e. The van der Waals surface area contributed by atoms with Gasteiger partial charge in [0, 0.05) is 31.8 Å². The highest BCUT2D eigenvalue weighted by Crippen LogP contribution is 2.40. The summed E-state index contributed by atoms with van der Waals surface area (Å²) in [6.07, 6.45) is 12.7. The molecule has 0 aromatic heterocycles. The smallest absolute Gasteiger partial charge is 0.306 e. The van der Waals surface area contributed by atoms with Crippen molar-refractivity contribution in [2.45, 2.75) is 167 Å². The normalized spacial score (nSPS) is 26.6. The molecule has 0 bridgehead atoms. The molecule has 2 fully saturated rings. The Morgan fingerprint density at radius 3 is 2.42 bits per heavy atom.